The van der Waals surface area contributed by atoms with E-state index in [1.165, 1.54) is 23.3 Å². The van der Waals surface area contributed by atoms with Crippen molar-refractivity contribution in [1.29, 1.82) is 0 Å². The molecule has 1 fully saturated rings. The average Bonchev–Trinajstić information content (AvgIpc) is 3.92. The molecule has 0 spiro atoms. The van der Waals surface area contributed by atoms with E-state index in [0.29, 0.717) is 42.3 Å². The van der Waals surface area contributed by atoms with Crippen molar-refractivity contribution in [3.8, 4) is 21.9 Å². The van der Waals surface area contributed by atoms with Crippen molar-refractivity contribution >= 4 is 44.7 Å². The van der Waals surface area contributed by atoms with Gasteiger partial charge in [-0.3, -0.25) is 9.78 Å². The molecule has 240 valence electrons. The van der Waals surface area contributed by atoms with Crippen LogP contribution in [0.3, 0.4) is 0 Å². The summed E-state index contributed by atoms with van der Waals surface area (Å²) in [6.07, 6.45) is 6.75. The molecule has 3 aliphatic rings. The summed E-state index contributed by atoms with van der Waals surface area (Å²) < 4.78 is 20.8. The highest BCUT2D eigenvalue weighted by Gasteiger charge is 2.45. The van der Waals surface area contributed by atoms with E-state index >= 15 is 0 Å². The van der Waals surface area contributed by atoms with Gasteiger partial charge in [0.15, 0.2) is 0 Å². The number of amides is 1. The molecule has 2 atom stereocenters. The fourth-order valence-corrected chi connectivity index (χ4v) is 8.94. The Kier molecular flexibility index (Phi) is 7.05. The maximum absolute atomic E-state index is 14.2. The summed E-state index contributed by atoms with van der Waals surface area (Å²) >= 11 is 7.98. The van der Waals surface area contributed by atoms with Gasteiger partial charge >= 0.3 is 0 Å². The van der Waals surface area contributed by atoms with Gasteiger partial charge in [-0.2, -0.15) is 0 Å². The lowest BCUT2D eigenvalue weighted by molar-refractivity contribution is 0.0776. The lowest BCUT2D eigenvalue weighted by Crippen LogP contribution is -2.22. The van der Waals surface area contributed by atoms with Gasteiger partial charge in [-0.25, -0.2) is 9.37 Å². The minimum Gasteiger partial charge on any atom is -0.421 e. The summed E-state index contributed by atoms with van der Waals surface area (Å²) in [6.45, 7) is 2.46. The number of thiophene rings is 1. The Balaban J connectivity index is 1.21. The number of carbonyl (C=O) groups is 1. The third-order valence-corrected chi connectivity index (χ3v) is 11.2. The Morgan fingerprint density at radius 2 is 1.92 bits per heavy atom. The lowest BCUT2D eigenvalue weighted by atomic mass is 9.93. The van der Waals surface area contributed by atoms with E-state index < -0.39 is 0 Å². The Bertz CT molecular complexity index is 2250. The highest BCUT2D eigenvalue weighted by atomic mass is 35.5. The molecule has 6 heterocycles. The molecule has 1 amide bonds. The van der Waals surface area contributed by atoms with Crippen molar-refractivity contribution in [3.63, 3.8) is 0 Å². The molecule has 0 radical (unpaired) electrons. The quantitative estimate of drug-likeness (QED) is 0.181. The summed E-state index contributed by atoms with van der Waals surface area (Å²) in [4.78, 5) is 27.1. The number of aromatic nitrogens is 4. The van der Waals surface area contributed by atoms with E-state index in [1.807, 2.05) is 29.3 Å². The van der Waals surface area contributed by atoms with Crippen molar-refractivity contribution in [3.05, 3.63) is 111 Å². The first-order valence-corrected chi connectivity index (χ1v) is 17.5. The smallest absolute Gasteiger partial charge is 0.257 e. The molecule has 1 N–H and O–H groups in total. The molecule has 0 saturated carbocycles. The van der Waals surface area contributed by atoms with Gasteiger partial charge < -0.3 is 14.6 Å². The third kappa shape index (κ3) is 4.88. The Morgan fingerprint density at radius 1 is 1.04 bits per heavy atom. The molecule has 9 rings (SSSR count). The van der Waals surface area contributed by atoms with Crippen LogP contribution in [0.1, 0.15) is 75.7 Å². The second-order valence-corrected chi connectivity index (χ2v) is 14.2. The molecule has 1 aliphatic carbocycles. The first-order chi connectivity index (χ1) is 23.4. The molecule has 11 heteroatoms. The Morgan fingerprint density at radius 3 is 2.75 bits per heavy atom. The standard InChI is InChI=1S/C37H30ClFN6O2S/c1-19-43-44-36(47-19)30-27(12-6-20-4-10-24(39)11-5-20)41-33-28-3-2-16-45(28)37(46)32(33)31(30)29-17-22-14-15-40-35(34(22)48-29)42-26-13-8-21-7-9-23(38)18-25(21)26/h4-5,7,9-11,14-15,17-18,26,28H,2-3,6,8,12-13,16H2,1H3,(H,40,42)/t26-,28?/m0/s1. The average molecular weight is 677 g/mol. The number of pyridine rings is 2. The van der Waals surface area contributed by atoms with Gasteiger partial charge in [0.25, 0.3) is 5.91 Å². The van der Waals surface area contributed by atoms with Crippen molar-refractivity contribution in [2.24, 2.45) is 0 Å². The number of rotatable bonds is 7. The van der Waals surface area contributed by atoms with Gasteiger partial charge in [0.1, 0.15) is 11.6 Å². The number of halogens is 2. The minimum atomic E-state index is -0.271. The fraction of sp³-hybridized carbons (Fsp3) is 0.270. The topological polar surface area (TPSA) is 97.0 Å². The van der Waals surface area contributed by atoms with Crippen molar-refractivity contribution in [2.45, 2.75) is 57.5 Å². The van der Waals surface area contributed by atoms with E-state index in [-0.39, 0.29) is 23.8 Å². The van der Waals surface area contributed by atoms with Crippen LogP contribution >= 0.6 is 22.9 Å². The molecule has 2 aliphatic heterocycles. The summed E-state index contributed by atoms with van der Waals surface area (Å²) in [5.74, 6) is 1.28. The van der Waals surface area contributed by atoms with Gasteiger partial charge in [-0.15, -0.1) is 21.5 Å². The summed E-state index contributed by atoms with van der Waals surface area (Å²) in [5.41, 5.74) is 7.17. The zero-order chi connectivity index (χ0) is 32.5. The zero-order valence-electron chi connectivity index (χ0n) is 26.1. The molecular formula is C37H30ClFN6O2S. The highest BCUT2D eigenvalue weighted by Crippen LogP contribution is 2.50. The Labute approximate surface area is 285 Å². The number of hydrogen-bond acceptors (Lipinski definition) is 8. The Hall–Kier alpha value is -4.67. The number of aryl methyl sites for hydroxylation is 4. The molecule has 48 heavy (non-hydrogen) atoms. The zero-order valence-corrected chi connectivity index (χ0v) is 27.7. The van der Waals surface area contributed by atoms with Crippen LogP contribution in [-0.2, 0) is 19.3 Å². The normalized spacial score (nSPS) is 18.1. The van der Waals surface area contributed by atoms with E-state index in [9.17, 15) is 9.18 Å². The maximum Gasteiger partial charge on any atom is 0.257 e. The molecule has 8 nitrogen and oxygen atoms in total. The van der Waals surface area contributed by atoms with Crippen LogP contribution in [0.5, 0.6) is 0 Å². The van der Waals surface area contributed by atoms with Crippen LogP contribution in [-0.4, -0.2) is 37.5 Å². The summed E-state index contributed by atoms with van der Waals surface area (Å²) in [5, 5.41) is 14.1. The van der Waals surface area contributed by atoms with Crippen LogP contribution in [0, 0.1) is 12.7 Å². The van der Waals surface area contributed by atoms with Crippen molar-refractivity contribution in [2.75, 3.05) is 11.9 Å². The van der Waals surface area contributed by atoms with Crippen molar-refractivity contribution < 1.29 is 13.6 Å². The lowest BCUT2D eigenvalue weighted by Gasteiger charge is -2.16. The van der Waals surface area contributed by atoms with E-state index in [4.69, 9.17) is 26.0 Å². The number of fused-ring (bicyclic) bond motifs is 5. The second kappa shape index (κ2) is 11.5. The minimum absolute atomic E-state index is 0.00839. The summed E-state index contributed by atoms with van der Waals surface area (Å²) in [7, 11) is 0. The number of nitrogens with zero attached hydrogens (tertiary/aromatic N) is 5. The van der Waals surface area contributed by atoms with E-state index in [2.05, 4.69) is 27.6 Å². The fourth-order valence-electron chi connectivity index (χ4n) is 7.60. The van der Waals surface area contributed by atoms with Gasteiger partial charge in [0, 0.05) is 35.1 Å². The van der Waals surface area contributed by atoms with Gasteiger partial charge in [-0.05, 0) is 97.0 Å². The number of anilines is 1. The van der Waals surface area contributed by atoms with Gasteiger partial charge in [0.05, 0.1) is 39.3 Å². The maximum atomic E-state index is 14.2. The molecule has 2 aromatic carbocycles. The predicted molar refractivity (Wildman–Crippen MR) is 184 cm³/mol. The SMILES string of the molecule is Cc1nnc(-c2c(CCc3ccc(F)cc3)nc3c(c2-c2cc4ccnc(N[C@H]5CCc6ccc(Cl)cc65)c4s2)C(=O)N2CCCC32)o1. The van der Waals surface area contributed by atoms with E-state index in [1.54, 1.807) is 30.4 Å². The first kappa shape index (κ1) is 29.5. The van der Waals surface area contributed by atoms with Crippen LogP contribution in [0.15, 0.2) is 65.2 Å². The number of hydrogen-bond donors (Lipinski definition) is 1. The first-order valence-electron chi connectivity index (χ1n) is 16.3. The summed E-state index contributed by atoms with van der Waals surface area (Å²) in [6, 6.07) is 16.8. The van der Waals surface area contributed by atoms with Crippen LogP contribution in [0.4, 0.5) is 10.2 Å². The van der Waals surface area contributed by atoms with Gasteiger partial charge in [0.2, 0.25) is 11.8 Å². The number of benzene rings is 2. The van der Waals surface area contributed by atoms with Crippen molar-refractivity contribution in [1.82, 2.24) is 25.1 Å². The molecule has 1 saturated heterocycles. The molecule has 4 aromatic heterocycles. The number of nitrogens with one attached hydrogen (secondary N) is 1. The molecule has 1 unspecified atom stereocenters. The van der Waals surface area contributed by atoms with Crippen LogP contribution in [0.25, 0.3) is 32.0 Å². The van der Waals surface area contributed by atoms with Crippen LogP contribution < -0.4 is 5.32 Å². The van der Waals surface area contributed by atoms with Gasteiger partial charge in [-0.1, -0.05) is 29.8 Å². The predicted octanol–water partition coefficient (Wildman–Crippen LogP) is 8.68. The largest absolute Gasteiger partial charge is 0.421 e. The third-order valence-electron chi connectivity index (χ3n) is 9.82. The molecular weight excluding hydrogens is 647 g/mol. The second-order valence-electron chi connectivity index (χ2n) is 12.7. The van der Waals surface area contributed by atoms with E-state index in [0.717, 1.165) is 74.0 Å². The van der Waals surface area contributed by atoms with Crippen LogP contribution in [0.2, 0.25) is 5.02 Å². The molecule has 6 aromatic rings. The monoisotopic (exact) mass is 676 g/mol. The highest BCUT2D eigenvalue weighted by molar-refractivity contribution is 7.23. The number of carbonyl (C=O) groups excluding carboxylic acids is 1. The molecule has 0 bridgehead atoms.